The van der Waals surface area contributed by atoms with Crippen LogP contribution in [0, 0.1) is 6.92 Å². The molecule has 3 aromatic heterocycles. The van der Waals surface area contributed by atoms with Crippen molar-refractivity contribution >= 4 is 23.5 Å². The molecule has 2 aliphatic carbocycles. The first-order chi connectivity index (χ1) is 17.0. The van der Waals surface area contributed by atoms with E-state index in [0.717, 1.165) is 12.8 Å². The summed E-state index contributed by atoms with van der Waals surface area (Å²) in [4.78, 5) is 20.6. The number of aromatic amines is 1. The Labute approximate surface area is 202 Å². The van der Waals surface area contributed by atoms with E-state index in [1.807, 2.05) is 6.92 Å². The van der Waals surface area contributed by atoms with Gasteiger partial charge in [0.15, 0.2) is 5.82 Å². The highest BCUT2D eigenvalue weighted by molar-refractivity contribution is 5.69. The second kappa shape index (κ2) is 8.91. The first-order valence-electron chi connectivity index (χ1n) is 11.5. The molecule has 194 valence electrons. The zero-order valence-electron chi connectivity index (χ0n) is 19.5. The minimum absolute atomic E-state index is 0.0798. The molecule has 5 rings (SSSR count). The standard InChI is InChI=1S/C22H25F4N7O3/c1-11-5-18-28-13(10-35-22(24,25)26)9-33(18)19(27-11)29-17-8-15(31-32-17)12-6-14(23)16(7-12)36-20(34)30-21(2)3-4-21/h5,8-9,12,14,16H,3-4,6-7,10H2,1-2H3,(H,30,34)(H2,27,29,31,32)/t12-,14+,16-/m0/s1. The number of carbonyl (C=O) groups is 1. The zero-order valence-corrected chi connectivity index (χ0v) is 19.5. The molecule has 14 heteroatoms. The van der Waals surface area contributed by atoms with Crippen LogP contribution in [0.2, 0.25) is 0 Å². The van der Waals surface area contributed by atoms with Gasteiger partial charge in [0, 0.05) is 41.2 Å². The quantitative estimate of drug-likeness (QED) is 0.402. The van der Waals surface area contributed by atoms with Gasteiger partial charge in [-0.25, -0.2) is 19.2 Å². The summed E-state index contributed by atoms with van der Waals surface area (Å²) in [6.45, 7) is 2.90. The number of hydrogen-bond acceptors (Lipinski definition) is 7. The molecule has 0 unspecified atom stereocenters. The third-order valence-corrected chi connectivity index (χ3v) is 6.38. The minimum atomic E-state index is -4.77. The van der Waals surface area contributed by atoms with E-state index in [4.69, 9.17) is 4.74 Å². The number of alkyl halides is 4. The van der Waals surface area contributed by atoms with E-state index in [-0.39, 0.29) is 29.5 Å². The number of rotatable bonds is 7. The number of fused-ring (bicyclic) bond motifs is 1. The molecular formula is C22H25F4N7O3. The molecule has 3 heterocycles. The Morgan fingerprint density at radius 3 is 2.78 bits per heavy atom. The number of aromatic nitrogens is 5. The van der Waals surface area contributed by atoms with E-state index in [2.05, 4.69) is 35.5 Å². The fourth-order valence-electron chi connectivity index (χ4n) is 4.24. The lowest BCUT2D eigenvalue weighted by molar-refractivity contribution is -0.330. The van der Waals surface area contributed by atoms with Gasteiger partial charge in [0.1, 0.15) is 17.9 Å². The Morgan fingerprint density at radius 1 is 1.28 bits per heavy atom. The fourth-order valence-corrected chi connectivity index (χ4v) is 4.24. The lowest BCUT2D eigenvalue weighted by atomic mass is 10.0. The van der Waals surface area contributed by atoms with Crippen molar-refractivity contribution in [2.45, 2.75) is 76.2 Å². The third-order valence-electron chi connectivity index (χ3n) is 6.38. The number of alkyl carbamates (subject to hydrolysis) is 1. The summed E-state index contributed by atoms with van der Waals surface area (Å²) in [6.07, 6.45) is -3.89. The molecule has 3 N–H and O–H groups in total. The van der Waals surface area contributed by atoms with Crippen LogP contribution in [-0.2, 0) is 16.1 Å². The number of imidazole rings is 1. The molecule has 2 fully saturated rings. The van der Waals surface area contributed by atoms with E-state index in [9.17, 15) is 22.4 Å². The van der Waals surface area contributed by atoms with Gasteiger partial charge in [0.2, 0.25) is 5.95 Å². The second-order valence-corrected chi connectivity index (χ2v) is 9.56. The van der Waals surface area contributed by atoms with Crippen molar-refractivity contribution in [3.63, 3.8) is 0 Å². The fraction of sp³-hybridized carbons (Fsp3) is 0.545. The minimum Gasteiger partial charge on any atom is -0.443 e. The van der Waals surface area contributed by atoms with Crippen LogP contribution in [0.15, 0.2) is 18.3 Å². The van der Waals surface area contributed by atoms with Crippen LogP contribution in [-0.4, -0.2) is 54.8 Å². The number of nitrogens with zero attached hydrogens (tertiary/aromatic N) is 4. The lowest BCUT2D eigenvalue weighted by Gasteiger charge is -2.17. The Kier molecular flexibility index (Phi) is 6.01. The first-order valence-corrected chi connectivity index (χ1v) is 11.5. The summed E-state index contributed by atoms with van der Waals surface area (Å²) < 4.78 is 62.4. The Hall–Kier alpha value is -3.42. The number of nitrogens with one attached hydrogen (secondary N) is 3. The van der Waals surface area contributed by atoms with Crippen LogP contribution >= 0.6 is 0 Å². The van der Waals surface area contributed by atoms with E-state index in [0.29, 0.717) is 29.3 Å². The van der Waals surface area contributed by atoms with Crippen LogP contribution in [0.1, 0.15) is 55.6 Å². The molecule has 10 nitrogen and oxygen atoms in total. The smallest absolute Gasteiger partial charge is 0.443 e. The van der Waals surface area contributed by atoms with Crippen molar-refractivity contribution < 1.29 is 31.8 Å². The summed E-state index contributed by atoms with van der Waals surface area (Å²) in [5.74, 6) is 0.433. The van der Waals surface area contributed by atoms with Gasteiger partial charge in [0.05, 0.1) is 12.3 Å². The highest BCUT2D eigenvalue weighted by atomic mass is 19.4. The molecule has 0 aliphatic heterocycles. The molecule has 0 bridgehead atoms. The molecule has 2 aliphatic rings. The molecule has 3 aromatic rings. The molecular weight excluding hydrogens is 486 g/mol. The summed E-state index contributed by atoms with van der Waals surface area (Å²) >= 11 is 0. The van der Waals surface area contributed by atoms with Gasteiger partial charge in [-0.1, -0.05) is 0 Å². The number of hydrogen-bond donors (Lipinski definition) is 3. The number of amides is 1. The molecule has 0 spiro atoms. The Balaban J connectivity index is 1.25. The van der Waals surface area contributed by atoms with Crippen LogP contribution < -0.4 is 10.6 Å². The van der Waals surface area contributed by atoms with Crippen LogP contribution in [0.3, 0.4) is 0 Å². The predicted octanol–water partition coefficient (Wildman–Crippen LogP) is 4.40. The molecule has 3 atom stereocenters. The van der Waals surface area contributed by atoms with Gasteiger partial charge in [-0.2, -0.15) is 5.10 Å². The average Bonchev–Trinajstić information content (AvgIpc) is 3.13. The maximum absolute atomic E-state index is 14.6. The highest BCUT2D eigenvalue weighted by Crippen LogP contribution is 2.39. The number of anilines is 2. The predicted molar refractivity (Wildman–Crippen MR) is 118 cm³/mol. The number of aryl methyl sites for hydroxylation is 1. The molecule has 2 saturated carbocycles. The molecule has 36 heavy (non-hydrogen) atoms. The second-order valence-electron chi connectivity index (χ2n) is 9.56. The first kappa shape index (κ1) is 24.3. The average molecular weight is 511 g/mol. The molecule has 1 amide bonds. The van der Waals surface area contributed by atoms with Crippen LogP contribution in [0.4, 0.5) is 34.1 Å². The molecule has 0 aromatic carbocycles. The third kappa shape index (κ3) is 5.53. The largest absolute Gasteiger partial charge is 0.522 e. The van der Waals surface area contributed by atoms with Crippen LogP contribution in [0.25, 0.3) is 5.65 Å². The topological polar surface area (TPSA) is 118 Å². The summed E-state index contributed by atoms with van der Waals surface area (Å²) in [6, 6.07) is 3.32. The maximum Gasteiger partial charge on any atom is 0.522 e. The normalized spacial score (nSPS) is 23.1. The monoisotopic (exact) mass is 511 g/mol. The zero-order chi connectivity index (χ0) is 25.7. The van der Waals surface area contributed by atoms with Gasteiger partial charge in [-0.3, -0.25) is 14.2 Å². The van der Waals surface area contributed by atoms with Crippen molar-refractivity contribution in [3.05, 3.63) is 35.4 Å². The van der Waals surface area contributed by atoms with E-state index < -0.39 is 31.3 Å². The maximum atomic E-state index is 14.6. The van der Waals surface area contributed by atoms with E-state index in [1.54, 1.807) is 19.1 Å². The van der Waals surface area contributed by atoms with Crippen molar-refractivity contribution in [3.8, 4) is 0 Å². The van der Waals surface area contributed by atoms with Gasteiger partial charge in [0.25, 0.3) is 0 Å². The van der Waals surface area contributed by atoms with Crippen molar-refractivity contribution in [2.24, 2.45) is 0 Å². The van der Waals surface area contributed by atoms with E-state index >= 15 is 0 Å². The van der Waals surface area contributed by atoms with Crippen molar-refractivity contribution in [1.82, 2.24) is 29.9 Å². The lowest BCUT2D eigenvalue weighted by Crippen LogP contribution is -2.38. The van der Waals surface area contributed by atoms with Crippen LogP contribution in [0.5, 0.6) is 0 Å². The highest BCUT2D eigenvalue weighted by Gasteiger charge is 2.42. The number of H-pyrrole nitrogens is 1. The van der Waals surface area contributed by atoms with Gasteiger partial charge in [-0.15, -0.1) is 13.2 Å². The van der Waals surface area contributed by atoms with Gasteiger partial charge in [-0.05, 0) is 39.5 Å². The number of carbonyl (C=O) groups excluding carboxylic acids is 1. The van der Waals surface area contributed by atoms with Crippen molar-refractivity contribution in [2.75, 3.05) is 5.32 Å². The number of halogens is 4. The summed E-state index contributed by atoms with van der Waals surface area (Å²) in [5.41, 5.74) is 1.47. The van der Waals surface area contributed by atoms with Crippen molar-refractivity contribution in [1.29, 1.82) is 0 Å². The Bertz CT molecular complexity index is 1270. The Morgan fingerprint density at radius 2 is 2.06 bits per heavy atom. The van der Waals surface area contributed by atoms with Gasteiger partial charge >= 0.3 is 12.5 Å². The van der Waals surface area contributed by atoms with E-state index in [1.165, 1.54) is 10.6 Å². The summed E-state index contributed by atoms with van der Waals surface area (Å²) in [7, 11) is 0. The molecule has 0 radical (unpaired) electrons. The van der Waals surface area contributed by atoms with Gasteiger partial charge < -0.3 is 15.4 Å². The number of ether oxygens (including phenoxy) is 2. The molecule has 0 saturated heterocycles. The summed E-state index contributed by atoms with van der Waals surface area (Å²) in [5, 5.41) is 12.9. The SMILES string of the molecule is Cc1cc2nc(COC(F)(F)F)cn2c(Nc2cc([C@H]3C[C@@H](F)[C@@H](OC(=O)NC4(C)CC4)C3)[nH]n2)n1.